The van der Waals surface area contributed by atoms with Crippen LogP contribution in [0.15, 0.2) is 24.3 Å². The maximum atomic E-state index is 13.7. The van der Waals surface area contributed by atoms with E-state index >= 15 is 0 Å². The van der Waals surface area contributed by atoms with Gasteiger partial charge in [-0.05, 0) is 69.9 Å². The van der Waals surface area contributed by atoms with Gasteiger partial charge >= 0.3 is 12.0 Å². The fourth-order valence-electron chi connectivity index (χ4n) is 4.42. The van der Waals surface area contributed by atoms with Crippen molar-refractivity contribution in [3.8, 4) is 0 Å². The van der Waals surface area contributed by atoms with Gasteiger partial charge in [0, 0.05) is 31.6 Å². The van der Waals surface area contributed by atoms with Crippen LogP contribution in [0.3, 0.4) is 0 Å². The molecule has 0 aliphatic rings. The van der Waals surface area contributed by atoms with Gasteiger partial charge in [0.2, 0.25) is 23.6 Å². The minimum absolute atomic E-state index is 0.0454. The van der Waals surface area contributed by atoms with Gasteiger partial charge in [-0.2, -0.15) is 0 Å². The van der Waals surface area contributed by atoms with Crippen LogP contribution in [0, 0.1) is 5.92 Å². The lowest BCUT2D eigenvalue weighted by molar-refractivity contribution is -0.155. The number of anilines is 1. The summed E-state index contributed by atoms with van der Waals surface area (Å²) >= 11 is 1.22. The number of primary amides is 1. The summed E-state index contributed by atoms with van der Waals surface area (Å²) in [6.45, 7) is 9.95. The number of nitrogens with one attached hydrogen (secondary N) is 5. The van der Waals surface area contributed by atoms with Gasteiger partial charge in [0.05, 0.1) is 6.61 Å². The predicted molar refractivity (Wildman–Crippen MR) is 177 cm³/mol. The molecule has 0 radical (unpaired) electrons. The van der Waals surface area contributed by atoms with E-state index in [4.69, 9.17) is 10.5 Å². The maximum absolute atomic E-state index is 13.7. The first-order valence-corrected chi connectivity index (χ1v) is 16.4. The molecule has 0 aromatic heterocycles. The van der Waals surface area contributed by atoms with Gasteiger partial charge in [-0.25, -0.2) is 4.79 Å². The summed E-state index contributed by atoms with van der Waals surface area (Å²) in [7, 11) is 0. The lowest BCUT2D eigenvalue weighted by Gasteiger charge is -2.30. The number of amides is 6. The second-order valence-corrected chi connectivity index (χ2v) is 13.1. The van der Waals surface area contributed by atoms with E-state index < -0.39 is 64.6 Å². The number of nitrogens with two attached hydrogens (primary N) is 1. The monoisotopic (exact) mass is 666 g/mol. The Bertz CT molecular complexity index is 1190. The number of urea groups is 1. The van der Waals surface area contributed by atoms with Gasteiger partial charge in [-0.3, -0.25) is 24.0 Å². The van der Waals surface area contributed by atoms with Gasteiger partial charge in [-0.1, -0.05) is 26.0 Å². The van der Waals surface area contributed by atoms with Crippen LogP contribution < -0.4 is 32.3 Å². The van der Waals surface area contributed by atoms with Crippen LogP contribution in [0.5, 0.6) is 0 Å². The van der Waals surface area contributed by atoms with Crippen molar-refractivity contribution in [2.45, 2.75) is 103 Å². The summed E-state index contributed by atoms with van der Waals surface area (Å²) in [5.41, 5.74) is 5.64. The van der Waals surface area contributed by atoms with Gasteiger partial charge in [0.25, 0.3) is 0 Å². The number of ether oxygens (including phenoxy) is 1. The third-order valence-electron chi connectivity index (χ3n) is 6.60. The van der Waals surface area contributed by atoms with Gasteiger partial charge < -0.3 is 42.2 Å². The number of carbonyl (C=O) groups is 6. The highest BCUT2D eigenvalue weighted by Gasteiger charge is 2.34. The Morgan fingerprint density at radius 3 is 2.07 bits per heavy atom. The summed E-state index contributed by atoms with van der Waals surface area (Å²) in [4.78, 5) is 75.7. The molecular weight excluding hydrogens is 616 g/mol. The van der Waals surface area contributed by atoms with Crippen molar-refractivity contribution in [1.29, 1.82) is 0 Å². The molecule has 0 aliphatic heterocycles. The molecule has 8 N–H and O–H groups in total. The average molecular weight is 667 g/mol. The zero-order chi connectivity index (χ0) is 35.0. The lowest BCUT2D eigenvalue weighted by Crippen LogP contribution is -2.58. The number of hydrogen-bond donors (Lipinski definition) is 7. The maximum Gasteiger partial charge on any atom is 0.312 e. The Morgan fingerprint density at radius 2 is 1.57 bits per heavy atom. The molecule has 0 spiro atoms. The Balaban J connectivity index is 3.14. The highest BCUT2D eigenvalue weighted by Crippen LogP contribution is 2.20. The zero-order valence-corrected chi connectivity index (χ0v) is 28.5. The molecule has 14 nitrogen and oxygen atoms in total. The molecule has 0 fully saturated rings. The quantitative estimate of drug-likeness (QED) is 0.0892. The van der Waals surface area contributed by atoms with Crippen LogP contribution in [-0.2, 0) is 35.3 Å². The fourth-order valence-corrected chi connectivity index (χ4v) is 5.23. The van der Waals surface area contributed by atoms with E-state index in [-0.39, 0.29) is 38.3 Å². The summed E-state index contributed by atoms with van der Waals surface area (Å²) < 4.78 is 5.31. The van der Waals surface area contributed by atoms with E-state index in [1.807, 2.05) is 0 Å². The minimum Gasteiger partial charge on any atom is -0.460 e. The molecule has 1 rings (SSSR count). The second kappa shape index (κ2) is 19.6. The van der Waals surface area contributed by atoms with Gasteiger partial charge in [-0.15, -0.1) is 11.8 Å². The molecule has 4 atom stereocenters. The lowest BCUT2D eigenvalue weighted by atomic mass is 10.00. The Labute approximate surface area is 275 Å². The minimum atomic E-state index is -1.10. The first-order chi connectivity index (χ1) is 21.5. The van der Waals surface area contributed by atoms with Gasteiger partial charge in [0.1, 0.15) is 22.9 Å². The summed E-state index contributed by atoms with van der Waals surface area (Å²) in [5.74, 6) is -3.00. The van der Waals surface area contributed by atoms with E-state index in [0.29, 0.717) is 17.7 Å². The highest BCUT2D eigenvalue weighted by molar-refractivity contribution is 8.00. The molecule has 1 aromatic rings. The van der Waals surface area contributed by atoms with Crippen molar-refractivity contribution in [3.63, 3.8) is 0 Å². The van der Waals surface area contributed by atoms with Crippen molar-refractivity contribution in [1.82, 2.24) is 21.3 Å². The Kier molecular flexibility index (Phi) is 17.1. The van der Waals surface area contributed by atoms with Crippen molar-refractivity contribution in [3.05, 3.63) is 29.8 Å². The first kappa shape index (κ1) is 40.2. The molecule has 0 heterocycles. The van der Waals surface area contributed by atoms with Crippen LogP contribution in [-0.4, -0.2) is 82.5 Å². The van der Waals surface area contributed by atoms with Crippen LogP contribution in [0.2, 0.25) is 0 Å². The van der Waals surface area contributed by atoms with Crippen LogP contribution in [0.25, 0.3) is 0 Å². The number of aliphatic hydroxyl groups excluding tert-OH is 1. The van der Waals surface area contributed by atoms with Crippen LogP contribution in [0.4, 0.5) is 10.5 Å². The number of carbonyl (C=O) groups excluding carboxylic acids is 6. The Morgan fingerprint density at radius 1 is 0.935 bits per heavy atom. The van der Waals surface area contributed by atoms with Gasteiger partial charge in [0.15, 0.2) is 0 Å². The molecule has 0 saturated carbocycles. The number of hydrogen-bond acceptors (Lipinski definition) is 9. The fraction of sp³-hybridized carbons (Fsp3) is 0.613. The summed E-state index contributed by atoms with van der Waals surface area (Å²) in [6, 6.07) is 3.10. The third-order valence-corrected chi connectivity index (χ3v) is 7.65. The third kappa shape index (κ3) is 15.4. The molecule has 0 saturated heterocycles. The normalized spacial score (nSPS) is 13.8. The highest BCUT2D eigenvalue weighted by atomic mass is 32.2. The molecule has 258 valence electrons. The van der Waals surface area contributed by atoms with Crippen molar-refractivity contribution in [2.75, 3.05) is 18.1 Å². The van der Waals surface area contributed by atoms with Crippen LogP contribution >= 0.6 is 11.8 Å². The molecular formula is C31H50N6O8S. The number of benzene rings is 1. The summed E-state index contributed by atoms with van der Waals surface area (Å²) in [6.07, 6.45) is 2.22. The van der Waals surface area contributed by atoms with E-state index in [1.54, 1.807) is 65.1 Å². The topological polar surface area (TPSA) is 218 Å². The van der Waals surface area contributed by atoms with E-state index in [2.05, 4.69) is 26.6 Å². The summed E-state index contributed by atoms with van der Waals surface area (Å²) in [5, 5.41) is 22.0. The second-order valence-electron chi connectivity index (χ2n) is 12.2. The Hall–Kier alpha value is -3.85. The number of thioether (sulfide) groups is 1. The smallest absolute Gasteiger partial charge is 0.312 e. The predicted octanol–water partition coefficient (Wildman–Crippen LogP) is 1.55. The molecule has 46 heavy (non-hydrogen) atoms. The standard InChI is InChI=1S/C31H50N6O8S/c1-18(2)25(37-27(41)23(34-19(3)39)14-15-24(40)45-31(4,5)6)28(42)36-22(9-8-16-33-30(32)44)26(46-7)29(43)35-21-12-10-20(17-38)11-13-21/h10-13,18,22-23,25-26,38H,8-9,14-17H2,1-7H3,(H,34,39)(H,35,43)(H,36,42)(H,37,41)(H3,32,33,44)/t22?,23?,25-,26?/m0/s1. The number of esters is 1. The molecule has 1 aromatic carbocycles. The molecule has 15 heteroatoms. The SMILES string of the molecule is CSC(C(=O)Nc1ccc(CO)cc1)C(CCCNC(N)=O)NC(=O)[C@@H](NC(=O)C(CCC(=O)OC(C)(C)C)NC(C)=O)C(C)C. The molecule has 0 aliphatic carbocycles. The molecule has 6 amide bonds. The van der Waals surface area contributed by atoms with E-state index in [1.165, 1.54) is 18.7 Å². The largest absolute Gasteiger partial charge is 0.460 e. The molecule has 0 bridgehead atoms. The average Bonchev–Trinajstić information content (AvgIpc) is 2.95. The van der Waals surface area contributed by atoms with Crippen LogP contribution in [0.1, 0.15) is 72.8 Å². The van der Waals surface area contributed by atoms with Crippen molar-refractivity contribution >= 4 is 53.1 Å². The zero-order valence-electron chi connectivity index (χ0n) is 27.7. The first-order valence-electron chi connectivity index (χ1n) is 15.1. The molecule has 3 unspecified atom stereocenters. The van der Waals surface area contributed by atoms with Crippen molar-refractivity contribution in [2.24, 2.45) is 11.7 Å². The number of rotatable bonds is 18. The van der Waals surface area contributed by atoms with E-state index in [0.717, 1.165) is 0 Å². The number of aliphatic hydroxyl groups is 1. The van der Waals surface area contributed by atoms with Crippen molar-refractivity contribution < 1.29 is 38.6 Å². The van der Waals surface area contributed by atoms with E-state index in [9.17, 15) is 33.9 Å².